The monoisotopic (exact) mass is 459 g/mol. The number of para-hydroxylation sites is 1. The van der Waals surface area contributed by atoms with Crippen LogP contribution in [0.4, 0.5) is 10.1 Å². The number of anilines is 1. The lowest BCUT2D eigenvalue weighted by Gasteiger charge is -2.24. The van der Waals surface area contributed by atoms with Crippen LogP contribution < -0.4 is 15.5 Å². The molecule has 1 aliphatic heterocycles. The lowest BCUT2D eigenvalue weighted by Crippen LogP contribution is -2.46. The quantitative estimate of drug-likeness (QED) is 0.553. The van der Waals surface area contributed by atoms with Gasteiger partial charge in [0.1, 0.15) is 17.8 Å². The fourth-order valence-corrected chi connectivity index (χ4v) is 4.09. The van der Waals surface area contributed by atoms with Crippen LogP contribution in [0.5, 0.6) is 0 Å². The summed E-state index contributed by atoms with van der Waals surface area (Å²) in [6.45, 7) is 1.82. The van der Waals surface area contributed by atoms with E-state index in [1.165, 1.54) is 24.0 Å². The van der Waals surface area contributed by atoms with Crippen molar-refractivity contribution in [3.8, 4) is 11.1 Å². The van der Waals surface area contributed by atoms with Gasteiger partial charge in [-0.2, -0.15) is 0 Å². The van der Waals surface area contributed by atoms with Crippen molar-refractivity contribution >= 4 is 23.4 Å². The Morgan fingerprint density at radius 1 is 0.941 bits per heavy atom. The molecule has 2 atom stereocenters. The largest absolute Gasteiger partial charge is 0.355 e. The predicted octanol–water partition coefficient (Wildman–Crippen LogP) is 3.62. The molecule has 2 N–H and O–H groups in total. The Hall–Kier alpha value is -4.00. The molecule has 0 saturated carbocycles. The summed E-state index contributed by atoms with van der Waals surface area (Å²) < 4.78 is 13.0. The molecule has 4 rings (SSSR count). The zero-order valence-corrected chi connectivity index (χ0v) is 19.0. The first kappa shape index (κ1) is 23.2. The molecule has 34 heavy (non-hydrogen) atoms. The van der Waals surface area contributed by atoms with E-state index < -0.39 is 23.8 Å². The van der Waals surface area contributed by atoms with Crippen molar-refractivity contribution in [1.82, 2.24) is 10.6 Å². The second-order valence-electron chi connectivity index (χ2n) is 8.33. The molecular weight excluding hydrogens is 433 g/mol. The SMILES string of the molecule is CC(C(=O)NCCc1ccc(F)cc1)C(=O)NC1C(=O)N(C)c2ccccc2-c2ccccc21. The van der Waals surface area contributed by atoms with Crippen molar-refractivity contribution in [2.45, 2.75) is 19.4 Å². The number of rotatable bonds is 6. The van der Waals surface area contributed by atoms with E-state index in [2.05, 4.69) is 10.6 Å². The van der Waals surface area contributed by atoms with Gasteiger partial charge in [-0.3, -0.25) is 14.4 Å². The average molecular weight is 460 g/mol. The molecule has 0 aromatic heterocycles. The van der Waals surface area contributed by atoms with E-state index in [1.807, 2.05) is 48.5 Å². The summed E-state index contributed by atoms with van der Waals surface area (Å²) in [6, 6.07) is 20.2. The van der Waals surface area contributed by atoms with Crippen LogP contribution in [-0.2, 0) is 20.8 Å². The number of amides is 3. The molecule has 174 valence electrons. The third-order valence-corrected chi connectivity index (χ3v) is 6.10. The number of hydrogen-bond donors (Lipinski definition) is 2. The summed E-state index contributed by atoms with van der Waals surface area (Å²) >= 11 is 0. The van der Waals surface area contributed by atoms with E-state index in [-0.39, 0.29) is 11.7 Å². The highest BCUT2D eigenvalue weighted by atomic mass is 19.1. The van der Waals surface area contributed by atoms with Gasteiger partial charge in [0.2, 0.25) is 11.8 Å². The van der Waals surface area contributed by atoms with Crippen LogP contribution in [0.1, 0.15) is 24.1 Å². The lowest BCUT2D eigenvalue weighted by molar-refractivity contribution is -0.136. The maximum absolute atomic E-state index is 13.3. The lowest BCUT2D eigenvalue weighted by atomic mass is 9.95. The van der Waals surface area contributed by atoms with Gasteiger partial charge >= 0.3 is 0 Å². The maximum Gasteiger partial charge on any atom is 0.253 e. The van der Waals surface area contributed by atoms with E-state index in [9.17, 15) is 18.8 Å². The number of benzene rings is 3. The highest BCUT2D eigenvalue weighted by molar-refractivity contribution is 6.07. The summed E-state index contributed by atoms with van der Waals surface area (Å²) in [6.07, 6.45) is 0.512. The summed E-state index contributed by atoms with van der Waals surface area (Å²) in [5.41, 5.74) is 4.07. The Balaban J connectivity index is 1.47. The minimum atomic E-state index is -0.996. The van der Waals surface area contributed by atoms with Crippen molar-refractivity contribution < 1.29 is 18.8 Å². The molecule has 3 aromatic carbocycles. The van der Waals surface area contributed by atoms with Crippen LogP contribution >= 0.6 is 0 Å². The second-order valence-corrected chi connectivity index (χ2v) is 8.33. The molecule has 0 spiro atoms. The van der Waals surface area contributed by atoms with Gasteiger partial charge in [-0.05, 0) is 48.2 Å². The highest BCUT2D eigenvalue weighted by Gasteiger charge is 2.34. The fourth-order valence-electron chi connectivity index (χ4n) is 4.09. The number of nitrogens with one attached hydrogen (secondary N) is 2. The van der Waals surface area contributed by atoms with E-state index >= 15 is 0 Å². The van der Waals surface area contributed by atoms with Crippen molar-refractivity contribution in [1.29, 1.82) is 0 Å². The predicted molar refractivity (Wildman–Crippen MR) is 128 cm³/mol. The van der Waals surface area contributed by atoms with Gasteiger partial charge in [-0.25, -0.2) is 4.39 Å². The molecule has 6 nitrogen and oxygen atoms in total. The zero-order chi connectivity index (χ0) is 24.2. The van der Waals surface area contributed by atoms with Gasteiger partial charge in [0.05, 0.1) is 5.69 Å². The molecule has 0 saturated heterocycles. The number of fused-ring (bicyclic) bond motifs is 3. The topological polar surface area (TPSA) is 78.5 Å². The van der Waals surface area contributed by atoms with E-state index in [0.717, 1.165) is 22.4 Å². The smallest absolute Gasteiger partial charge is 0.253 e. The number of carbonyl (C=O) groups is 3. The molecule has 2 unspecified atom stereocenters. The first-order valence-electron chi connectivity index (χ1n) is 11.1. The van der Waals surface area contributed by atoms with Gasteiger partial charge < -0.3 is 15.5 Å². The number of halogens is 1. The Labute approximate surface area is 197 Å². The van der Waals surface area contributed by atoms with Crippen LogP contribution in [0, 0.1) is 11.7 Å². The minimum absolute atomic E-state index is 0.283. The second kappa shape index (κ2) is 9.87. The van der Waals surface area contributed by atoms with Gasteiger partial charge in [0, 0.05) is 19.2 Å². The molecule has 0 bridgehead atoms. The standard InChI is InChI=1S/C27H26FN3O3/c1-17(25(32)29-16-15-18-11-13-19(28)14-12-18)26(33)30-24-22-9-4-3-7-20(22)21-8-5-6-10-23(21)31(2)27(24)34/h3-14,17,24H,15-16H2,1-2H3,(H,29,32)(H,30,33). The first-order chi connectivity index (χ1) is 16.4. The third-order valence-electron chi connectivity index (χ3n) is 6.10. The Morgan fingerprint density at radius 2 is 1.59 bits per heavy atom. The number of hydrogen-bond acceptors (Lipinski definition) is 3. The van der Waals surface area contributed by atoms with E-state index in [1.54, 1.807) is 19.2 Å². The molecule has 1 heterocycles. The molecule has 0 radical (unpaired) electrons. The minimum Gasteiger partial charge on any atom is -0.355 e. The molecule has 1 aliphatic rings. The number of likely N-dealkylation sites (N-methyl/N-ethyl adjacent to an activating group) is 1. The Bertz CT molecular complexity index is 1230. The first-order valence-corrected chi connectivity index (χ1v) is 11.1. The van der Waals surface area contributed by atoms with Crippen molar-refractivity contribution in [3.63, 3.8) is 0 Å². The normalized spacial score (nSPS) is 15.6. The van der Waals surface area contributed by atoms with Gasteiger partial charge in [-0.1, -0.05) is 54.6 Å². The molecule has 0 fully saturated rings. The van der Waals surface area contributed by atoms with Crippen LogP contribution in [0.25, 0.3) is 11.1 Å². The fraction of sp³-hybridized carbons (Fsp3) is 0.222. The Kier molecular flexibility index (Phi) is 6.72. The van der Waals surface area contributed by atoms with Crippen LogP contribution in [0.2, 0.25) is 0 Å². The van der Waals surface area contributed by atoms with E-state index in [4.69, 9.17) is 0 Å². The van der Waals surface area contributed by atoms with Crippen LogP contribution in [-0.4, -0.2) is 31.3 Å². The van der Waals surface area contributed by atoms with E-state index in [0.29, 0.717) is 18.5 Å². The highest BCUT2D eigenvalue weighted by Crippen LogP contribution is 2.39. The van der Waals surface area contributed by atoms with Gasteiger partial charge in [0.15, 0.2) is 0 Å². The molecule has 7 heteroatoms. The number of nitrogens with zero attached hydrogens (tertiary/aromatic N) is 1. The molecule has 3 aromatic rings. The van der Waals surface area contributed by atoms with Gasteiger partial charge in [0.25, 0.3) is 5.91 Å². The van der Waals surface area contributed by atoms with Crippen LogP contribution in [0.15, 0.2) is 72.8 Å². The molecule has 0 aliphatic carbocycles. The number of carbonyl (C=O) groups excluding carboxylic acids is 3. The maximum atomic E-state index is 13.3. The van der Waals surface area contributed by atoms with Crippen molar-refractivity contribution in [2.75, 3.05) is 18.5 Å². The summed E-state index contributed by atoms with van der Waals surface area (Å²) in [7, 11) is 1.68. The molecular formula is C27H26FN3O3. The Morgan fingerprint density at radius 3 is 2.32 bits per heavy atom. The zero-order valence-electron chi connectivity index (χ0n) is 19.0. The third kappa shape index (κ3) is 4.69. The summed E-state index contributed by atoms with van der Waals surface area (Å²) in [5, 5.41) is 5.53. The van der Waals surface area contributed by atoms with Gasteiger partial charge in [-0.15, -0.1) is 0 Å². The van der Waals surface area contributed by atoms with Crippen molar-refractivity contribution in [2.24, 2.45) is 5.92 Å². The summed E-state index contributed by atoms with van der Waals surface area (Å²) in [5.74, 6) is -2.57. The van der Waals surface area contributed by atoms with Crippen molar-refractivity contribution in [3.05, 3.63) is 89.7 Å². The molecule has 3 amide bonds. The average Bonchev–Trinajstić information content (AvgIpc) is 2.94. The summed E-state index contributed by atoms with van der Waals surface area (Å²) in [4.78, 5) is 40.4. The van der Waals surface area contributed by atoms with Crippen LogP contribution in [0.3, 0.4) is 0 Å².